The molecule has 2 aromatic carbocycles. The fraction of sp³-hybridized carbons (Fsp3) is 0.150. The molecule has 1 amide bonds. The van der Waals surface area contributed by atoms with E-state index in [0.29, 0.717) is 6.54 Å². The molecule has 0 aliphatic carbocycles. The number of aromatic nitrogens is 1. The van der Waals surface area contributed by atoms with E-state index in [1.165, 1.54) is 12.1 Å². The molecule has 0 aliphatic rings. The molecule has 0 aliphatic heterocycles. The van der Waals surface area contributed by atoms with Crippen molar-refractivity contribution in [3.8, 4) is 0 Å². The molecule has 122 valence electrons. The van der Waals surface area contributed by atoms with Crippen molar-refractivity contribution in [1.82, 2.24) is 9.88 Å². The van der Waals surface area contributed by atoms with Crippen LogP contribution in [0.4, 0.5) is 4.39 Å². The summed E-state index contributed by atoms with van der Waals surface area (Å²) in [5.41, 5.74) is 1.83. The predicted octanol–water partition coefficient (Wildman–Crippen LogP) is 3.92. The third-order valence-corrected chi connectivity index (χ3v) is 3.93. The minimum Gasteiger partial charge on any atom is -0.352 e. The average Bonchev–Trinajstić information content (AvgIpc) is 3.13. The molecule has 0 spiro atoms. The first-order valence-electron chi connectivity index (χ1n) is 7.91. The van der Waals surface area contributed by atoms with Crippen molar-refractivity contribution in [1.29, 1.82) is 0 Å². The molecule has 1 atom stereocenters. The predicted molar refractivity (Wildman–Crippen MR) is 91.9 cm³/mol. The molecule has 0 saturated carbocycles. The number of hydrogen-bond acceptors (Lipinski definition) is 1. The molecular formula is C20H19FN2O. The molecule has 3 rings (SSSR count). The number of nitrogens with one attached hydrogen (secondary N) is 1. The van der Waals surface area contributed by atoms with Gasteiger partial charge in [0.2, 0.25) is 5.91 Å². The number of carbonyl (C=O) groups excluding carboxylic acids is 1. The summed E-state index contributed by atoms with van der Waals surface area (Å²) >= 11 is 0. The fourth-order valence-corrected chi connectivity index (χ4v) is 2.71. The third-order valence-electron chi connectivity index (χ3n) is 3.93. The van der Waals surface area contributed by atoms with Gasteiger partial charge in [0.1, 0.15) is 5.82 Å². The van der Waals surface area contributed by atoms with Crippen LogP contribution < -0.4 is 5.32 Å². The average molecular weight is 322 g/mol. The van der Waals surface area contributed by atoms with E-state index < -0.39 is 0 Å². The highest BCUT2D eigenvalue weighted by molar-refractivity contribution is 5.76. The van der Waals surface area contributed by atoms with Crippen LogP contribution in [0.15, 0.2) is 79.1 Å². The standard InChI is InChI=1S/C20H19FN2O/c21-18-10-6-9-17(13-18)19(23-11-4-5-12-23)14-20(24)22-15-16-7-2-1-3-8-16/h1-13,19H,14-15H2,(H,22,24)/t19-/m1/s1. The number of amides is 1. The van der Waals surface area contributed by atoms with Crippen molar-refractivity contribution >= 4 is 5.91 Å². The van der Waals surface area contributed by atoms with E-state index in [2.05, 4.69) is 5.32 Å². The number of rotatable bonds is 6. The van der Waals surface area contributed by atoms with Gasteiger partial charge in [0.15, 0.2) is 0 Å². The first kappa shape index (κ1) is 16.0. The van der Waals surface area contributed by atoms with Crippen LogP contribution in [0.3, 0.4) is 0 Å². The van der Waals surface area contributed by atoms with Crippen molar-refractivity contribution in [2.24, 2.45) is 0 Å². The number of halogens is 1. The molecule has 0 fully saturated rings. The van der Waals surface area contributed by atoms with E-state index in [-0.39, 0.29) is 24.2 Å². The van der Waals surface area contributed by atoms with Crippen LogP contribution >= 0.6 is 0 Å². The van der Waals surface area contributed by atoms with Gasteiger partial charge >= 0.3 is 0 Å². The zero-order valence-electron chi connectivity index (χ0n) is 13.2. The zero-order chi connectivity index (χ0) is 16.8. The van der Waals surface area contributed by atoms with Crippen molar-refractivity contribution in [2.45, 2.75) is 19.0 Å². The summed E-state index contributed by atoms with van der Waals surface area (Å²) in [5, 5.41) is 2.93. The van der Waals surface area contributed by atoms with Gasteiger partial charge in [-0.3, -0.25) is 4.79 Å². The molecule has 1 N–H and O–H groups in total. The lowest BCUT2D eigenvalue weighted by Crippen LogP contribution is -2.26. The lowest BCUT2D eigenvalue weighted by atomic mass is 10.0. The number of nitrogens with zero attached hydrogens (tertiary/aromatic N) is 1. The highest BCUT2D eigenvalue weighted by Crippen LogP contribution is 2.23. The molecule has 0 bridgehead atoms. The highest BCUT2D eigenvalue weighted by atomic mass is 19.1. The smallest absolute Gasteiger partial charge is 0.222 e. The largest absolute Gasteiger partial charge is 0.352 e. The molecule has 0 unspecified atom stereocenters. The monoisotopic (exact) mass is 322 g/mol. The van der Waals surface area contributed by atoms with E-state index in [4.69, 9.17) is 0 Å². The summed E-state index contributed by atoms with van der Waals surface area (Å²) in [6, 6.07) is 19.7. The van der Waals surface area contributed by atoms with Crippen molar-refractivity contribution in [3.63, 3.8) is 0 Å². The van der Waals surface area contributed by atoms with Crippen LogP contribution in [0.25, 0.3) is 0 Å². The quantitative estimate of drug-likeness (QED) is 0.733. The van der Waals surface area contributed by atoms with Crippen LogP contribution in [0.1, 0.15) is 23.6 Å². The molecule has 24 heavy (non-hydrogen) atoms. The van der Waals surface area contributed by atoms with Gasteiger partial charge in [0, 0.05) is 18.9 Å². The van der Waals surface area contributed by atoms with Gasteiger partial charge in [0.05, 0.1) is 12.5 Å². The summed E-state index contributed by atoms with van der Waals surface area (Å²) in [6.07, 6.45) is 4.03. The van der Waals surface area contributed by atoms with Crippen molar-refractivity contribution < 1.29 is 9.18 Å². The Morgan fingerprint density at radius 3 is 2.46 bits per heavy atom. The Morgan fingerprint density at radius 2 is 1.75 bits per heavy atom. The molecule has 3 aromatic rings. The number of hydrogen-bond donors (Lipinski definition) is 1. The normalized spacial score (nSPS) is 11.9. The fourth-order valence-electron chi connectivity index (χ4n) is 2.71. The Balaban J connectivity index is 1.71. The van der Waals surface area contributed by atoms with E-state index in [0.717, 1.165) is 11.1 Å². The van der Waals surface area contributed by atoms with Gasteiger partial charge in [-0.05, 0) is 35.4 Å². The molecule has 3 nitrogen and oxygen atoms in total. The summed E-state index contributed by atoms with van der Waals surface area (Å²) in [7, 11) is 0. The molecule has 1 aromatic heterocycles. The molecule has 1 heterocycles. The number of benzene rings is 2. The Bertz CT molecular complexity index is 784. The van der Waals surface area contributed by atoms with Gasteiger partial charge in [-0.1, -0.05) is 42.5 Å². The second-order valence-corrected chi connectivity index (χ2v) is 5.67. The van der Waals surface area contributed by atoms with Crippen LogP contribution in [-0.2, 0) is 11.3 Å². The van der Waals surface area contributed by atoms with Crippen LogP contribution in [0.5, 0.6) is 0 Å². The molecular weight excluding hydrogens is 303 g/mol. The Morgan fingerprint density at radius 1 is 1.00 bits per heavy atom. The van der Waals surface area contributed by atoms with Gasteiger partial charge < -0.3 is 9.88 Å². The molecule has 0 radical (unpaired) electrons. The van der Waals surface area contributed by atoms with Crippen molar-refractivity contribution in [2.75, 3.05) is 0 Å². The minimum absolute atomic E-state index is 0.0678. The maximum absolute atomic E-state index is 13.6. The first-order chi connectivity index (χ1) is 11.7. The Labute approximate surface area is 140 Å². The van der Waals surface area contributed by atoms with Crippen molar-refractivity contribution in [3.05, 3.63) is 96.1 Å². The SMILES string of the molecule is O=C(C[C@H](c1cccc(F)c1)n1cccc1)NCc1ccccc1. The van der Waals surface area contributed by atoms with E-state index in [9.17, 15) is 9.18 Å². The van der Waals surface area contributed by atoms with Gasteiger partial charge in [-0.25, -0.2) is 4.39 Å². The topological polar surface area (TPSA) is 34.0 Å². The van der Waals surface area contributed by atoms with Crippen LogP contribution in [-0.4, -0.2) is 10.5 Å². The third kappa shape index (κ3) is 4.10. The number of carbonyl (C=O) groups is 1. The van der Waals surface area contributed by atoms with Gasteiger partial charge in [0.25, 0.3) is 0 Å². The Kier molecular flexibility index (Phi) is 5.06. The van der Waals surface area contributed by atoms with Gasteiger partial charge in [-0.2, -0.15) is 0 Å². The maximum Gasteiger partial charge on any atom is 0.222 e. The summed E-state index contributed by atoms with van der Waals surface area (Å²) in [4.78, 5) is 12.4. The lowest BCUT2D eigenvalue weighted by Gasteiger charge is -2.19. The van der Waals surface area contributed by atoms with E-state index in [1.54, 1.807) is 6.07 Å². The second kappa shape index (κ2) is 7.59. The highest BCUT2D eigenvalue weighted by Gasteiger charge is 2.17. The van der Waals surface area contributed by atoms with E-state index >= 15 is 0 Å². The molecule has 4 heteroatoms. The zero-order valence-corrected chi connectivity index (χ0v) is 13.2. The molecule has 0 saturated heterocycles. The van der Waals surface area contributed by atoms with E-state index in [1.807, 2.05) is 65.5 Å². The summed E-state index contributed by atoms with van der Waals surface area (Å²) < 4.78 is 15.5. The lowest BCUT2D eigenvalue weighted by molar-refractivity contribution is -0.121. The maximum atomic E-state index is 13.6. The van der Waals surface area contributed by atoms with Crippen LogP contribution in [0, 0.1) is 5.82 Å². The first-order valence-corrected chi connectivity index (χ1v) is 7.91. The summed E-state index contributed by atoms with van der Waals surface area (Å²) in [5.74, 6) is -0.365. The second-order valence-electron chi connectivity index (χ2n) is 5.67. The van der Waals surface area contributed by atoms with Crippen LogP contribution in [0.2, 0.25) is 0 Å². The van der Waals surface area contributed by atoms with Gasteiger partial charge in [-0.15, -0.1) is 0 Å². The minimum atomic E-state index is -0.297. The Hall–Kier alpha value is -2.88. The summed E-state index contributed by atoms with van der Waals surface area (Å²) in [6.45, 7) is 0.487.